The van der Waals surface area contributed by atoms with Crippen LogP contribution in [0.2, 0.25) is 0 Å². The highest BCUT2D eigenvalue weighted by Crippen LogP contribution is 2.19. The first-order valence-corrected chi connectivity index (χ1v) is 10.9. The van der Waals surface area contributed by atoms with Gasteiger partial charge in [0.1, 0.15) is 5.75 Å². The summed E-state index contributed by atoms with van der Waals surface area (Å²) >= 11 is 1.99. The molecule has 2 saturated heterocycles. The van der Waals surface area contributed by atoms with Crippen LogP contribution < -0.4 is 10.1 Å². The van der Waals surface area contributed by atoms with Crippen molar-refractivity contribution < 1.29 is 9.53 Å². The van der Waals surface area contributed by atoms with Gasteiger partial charge in [-0.05, 0) is 62.2 Å². The Balaban J connectivity index is 1.49. The lowest BCUT2D eigenvalue weighted by molar-refractivity contribution is 0.162. The minimum Gasteiger partial charge on any atom is -0.497 e. The maximum atomic E-state index is 12.8. The summed E-state index contributed by atoms with van der Waals surface area (Å²) in [6, 6.07) is 8.49. The molecule has 1 N–H and O–H groups in total. The van der Waals surface area contributed by atoms with Crippen LogP contribution in [0.1, 0.15) is 24.8 Å². The maximum absolute atomic E-state index is 12.8. The number of thioether (sulfide) groups is 1. The van der Waals surface area contributed by atoms with Crippen molar-refractivity contribution in [2.45, 2.75) is 31.7 Å². The van der Waals surface area contributed by atoms with Gasteiger partial charge in [-0.2, -0.15) is 11.8 Å². The van der Waals surface area contributed by atoms with Gasteiger partial charge >= 0.3 is 6.03 Å². The van der Waals surface area contributed by atoms with Gasteiger partial charge in [0.2, 0.25) is 0 Å². The topological polar surface area (TPSA) is 44.8 Å². The average Bonchev–Trinajstić information content (AvgIpc) is 3.06. The van der Waals surface area contributed by atoms with E-state index in [2.05, 4.69) is 27.2 Å². The molecule has 6 heteroatoms. The molecule has 2 amide bonds. The van der Waals surface area contributed by atoms with Crippen LogP contribution in [0.15, 0.2) is 24.3 Å². The SMILES string of the molecule is COc1ccc(CCNC(=O)N2CCCSC[C@@H]2CN2CCCC2)cc1. The fraction of sp³-hybridized carbons (Fsp3) is 0.650. The molecule has 0 unspecified atom stereocenters. The van der Waals surface area contributed by atoms with E-state index in [0.29, 0.717) is 12.6 Å². The van der Waals surface area contributed by atoms with Gasteiger partial charge in [-0.15, -0.1) is 0 Å². The van der Waals surface area contributed by atoms with Crippen LogP contribution in [0.3, 0.4) is 0 Å². The Labute approximate surface area is 161 Å². The van der Waals surface area contributed by atoms with Gasteiger partial charge in [0.05, 0.1) is 13.2 Å². The Morgan fingerprint density at radius 1 is 1.19 bits per heavy atom. The molecule has 0 aliphatic carbocycles. The van der Waals surface area contributed by atoms with Crippen molar-refractivity contribution in [2.24, 2.45) is 0 Å². The van der Waals surface area contributed by atoms with Gasteiger partial charge in [0, 0.05) is 25.4 Å². The minimum absolute atomic E-state index is 0.102. The van der Waals surface area contributed by atoms with E-state index in [1.807, 2.05) is 23.9 Å². The van der Waals surface area contributed by atoms with Crippen LogP contribution in [-0.2, 0) is 6.42 Å². The van der Waals surface area contributed by atoms with Gasteiger partial charge in [0.15, 0.2) is 0 Å². The number of methoxy groups -OCH3 is 1. The molecule has 2 fully saturated rings. The monoisotopic (exact) mass is 377 g/mol. The zero-order valence-electron chi connectivity index (χ0n) is 15.8. The molecule has 1 atom stereocenters. The standard InChI is InChI=1S/C20H31N3O2S/c1-25-19-7-5-17(6-8-19)9-10-21-20(24)23-13-4-14-26-16-18(23)15-22-11-2-3-12-22/h5-8,18H,2-4,9-16H2,1H3,(H,21,24)/t18-/m0/s1. The number of amides is 2. The highest BCUT2D eigenvalue weighted by atomic mass is 32.2. The van der Waals surface area contributed by atoms with Gasteiger partial charge < -0.3 is 19.9 Å². The molecular formula is C20H31N3O2S. The van der Waals surface area contributed by atoms with Crippen molar-refractivity contribution in [3.8, 4) is 5.75 Å². The van der Waals surface area contributed by atoms with Gasteiger partial charge in [-0.3, -0.25) is 0 Å². The molecule has 3 rings (SSSR count). The molecule has 1 aromatic rings. The number of nitrogens with one attached hydrogen (secondary N) is 1. The molecular weight excluding hydrogens is 346 g/mol. The van der Waals surface area contributed by atoms with Crippen LogP contribution >= 0.6 is 11.8 Å². The van der Waals surface area contributed by atoms with Crippen molar-refractivity contribution >= 4 is 17.8 Å². The number of rotatable bonds is 6. The van der Waals surface area contributed by atoms with Crippen LogP contribution in [-0.4, -0.2) is 73.2 Å². The Morgan fingerprint density at radius 3 is 2.69 bits per heavy atom. The van der Waals surface area contributed by atoms with E-state index >= 15 is 0 Å². The molecule has 2 heterocycles. The first-order chi connectivity index (χ1) is 12.8. The molecule has 1 aromatic carbocycles. The van der Waals surface area contributed by atoms with E-state index < -0.39 is 0 Å². The largest absolute Gasteiger partial charge is 0.497 e. The van der Waals surface area contributed by atoms with Crippen molar-refractivity contribution in [3.05, 3.63) is 29.8 Å². The van der Waals surface area contributed by atoms with Gasteiger partial charge in [-0.1, -0.05) is 12.1 Å². The third kappa shape index (κ3) is 5.55. The van der Waals surface area contributed by atoms with Crippen molar-refractivity contribution in [1.82, 2.24) is 15.1 Å². The molecule has 2 aliphatic rings. The third-order valence-electron chi connectivity index (χ3n) is 5.22. The number of carbonyl (C=O) groups is 1. The summed E-state index contributed by atoms with van der Waals surface area (Å²) in [5.41, 5.74) is 1.21. The molecule has 0 spiro atoms. The number of hydrogen-bond acceptors (Lipinski definition) is 4. The second-order valence-corrected chi connectivity index (χ2v) is 8.26. The summed E-state index contributed by atoms with van der Waals surface area (Å²) in [4.78, 5) is 17.4. The van der Waals surface area contributed by atoms with E-state index in [-0.39, 0.29) is 6.03 Å². The van der Waals surface area contributed by atoms with Gasteiger partial charge in [0.25, 0.3) is 0 Å². The van der Waals surface area contributed by atoms with Crippen molar-refractivity contribution in [2.75, 3.05) is 51.3 Å². The van der Waals surface area contributed by atoms with E-state index in [0.717, 1.165) is 43.2 Å². The van der Waals surface area contributed by atoms with Crippen LogP contribution in [0, 0.1) is 0 Å². The number of ether oxygens (including phenoxy) is 1. The molecule has 0 radical (unpaired) electrons. The minimum atomic E-state index is 0.102. The fourth-order valence-electron chi connectivity index (χ4n) is 3.72. The van der Waals surface area contributed by atoms with E-state index in [1.165, 1.54) is 31.5 Å². The van der Waals surface area contributed by atoms with E-state index in [9.17, 15) is 4.79 Å². The highest BCUT2D eigenvalue weighted by Gasteiger charge is 2.28. The summed E-state index contributed by atoms with van der Waals surface area (Å²) in [6.45, 7) is 4.95. The summed E-state index contributed by atoms with van der Waals surface area (Å²) in [5.74, 6) is 3.08. The average molecular weight is 378 g/mol. The Bertz CT molecular complexity index is 561. The van der Waals surface area contributed by atoms with Gasteiger partial charge in [-0.25, -0.2) is 4.79 Å². The second kappa shape index (κ2) is 10.1. The number of hydrogen-bond donors (Lipinski definition) is 1. The lowest BCUT2D eigenvalue weighted by atomic mass is 10.1. The fourth-order valence-corrected chi connectivity index (χ4v) is 4.78. The summed E-state index contributed by atoms with van der Waals surface area (Å²) in [6.07, 6.45) is 4.53. The number of likely N-dealkylation sites (tertiary alicyclic amines) is 1. The predicted molar refractivity (Wildman–Crippen MR) is 108 cm³/mol. The smallest absolute Gasteiger partial charge is 0.317 e. The Kier molecular flexibility index (Phi) is 7.50. The molecule has 2 aliphatic heterocycles. The summed E-state index contributed by atoms with van der Waals surface area (Å²) in [5, 5.41) is 3.14. The maximum Gasteiger partial charge on any atom is 0.317 e. The number of carbonyl (C=O) groups excluding carboxylic acids is 1. The van der Waals surface area contributed by atoms with E-state index in [4.69, 9.17) is 4.74 Å². The Morgan fingerprint density at radius 2 is 1.96 bits per heavy atom. The molecule has 0 saturated carbocycles. The number of nitrogens with zero attached hydrogens (tertiary/aromatic N) is 2. The summed E-state index contributed by atoms with van der Waals surface area (Å²) < 4.78 is 5.19. The van der Waals surface area contributed by atoms with Crippen LogP contribution in [0.25, 0.3) is 0 Å². The quantitative estimate of drug-likeness (QED) is 0.828. The zero-order chi connectivity index (χ0) is 18.2. The molecule has 0 aromatic heterocycles. The Hall–Kier alpha value is -1.40. The lowest BCUT2D eigenvalue weighted by Gasteiger charge is -2.32. The first-order valence-electron chi connectivity index (χ1n) is 9.74. The predicted octanol–water partition coefficient (Wildman–Crippen LogP) is 2.85. The summed E-state index contributed by atoms with van der Waals surface area (Å²) in [7, 11) is 1.67. The van der Waals surface area contributed by atoms with Crippen LogP contribution in [0.4, 0.5) is 4.79 Å². The lowest BCUT2D eigenvalue weighted by Crippen LogP contribution is -2.51. The number of urea groups is 1. The number of benzene rings is 1. The molecule has 144 valence electrons. The van der Waals surface area contributed by atoms with E-state index in [1.54, 1.807) is 7.11 Å². The molecule has 0 bridgehead atoms. The molecule has 26 heavy (non-hydrogen) atoms. The van der Waals surface area contributed by atoms with Crippen molar-refractivity contribution in [1.29, 1.82) is 0 Å². The van der Waals surface area contributed by atoms with Crippen molar-refractivity contribution in [3.63, 3.8) is 0 Å². The normalized spacial score (nSPS) is 21.4. The molecule has 5 nitrogen and oxygen atoms in total. The third-order valence-corrected chi connectivity index (χ3v) is 6.41. The zero-order valence-corrected chi connectivity index (χ0v) is 16.6. The van der Waals surface area contributed by atoms with Crippen LogP contribution in [0.5, 0.6) is 5.75 Å². The first kappa shape index (κ1) is 19.4. The second-order valence-electron chi connectivity index (χ2n) is 7.11. The highest BCUT2D eigenvalue weighted by molar-refractivity contribution is 7.99.